The van der Waals surface area contributed by atoms with E-state index >= 15 is 0 Å². The van der Waals surface area contributed by atoms with Crippen LogP contribution in [0, 0.1) is 5.41 Å². The molecular weight excluding hydrogens is 448 g/mol. The van der Waals surface area contributed by atoms with Crippen molar-refractivity contribution in [1.29, 1.82) is 0 Å². The van der Waals surface area contributed by atoms with Gasteiger partial charge in [-0.25, -0.2) is 0 Å². The minimum atomic E-state index is -1.52. The molecule has 0 aromatic heterocycles. The monoisotopic (exact) mass is 490 g/mol. The third-order valence-corrected chi connectivity index (χ3v) is 7.40. The molecule has 0 radical (unpaired) electrons. The molecule has 10 atom stereocenters. The van der Waals surface area contributed by atoms with E-state index in [2.05, 4.69) is 20.8 Å². The van der Waals surface area contributed by atoms with Gasteiger partial charge >= 0.3 is 0 Å². The SMILES string of the molecule is CC1=C(CC[C@H](C)O[C@@H]2O[C@H](CO[C@@H]3OC[C@@H](O)[C@H](O)[C@H]3O)[C@@H](O)[C@H](O)[C@H]2O)C(C)(C)CCC1. The van der Waals surface area contributed by atoms with Crippen molar-refractivity contribution in [3.8, 4) is 0 Å². The number of aliphatic hydroxyl groups is 6. The van der Waals surface area contributed by atoms with E-state index in [9.17, 15) is 30.6 Å². The van der Waals surface area contributed by atoms with Crippen molar-refractivity contribution in [3.63, 3.8) is 0 Å². The normalized spacial score (nSPS) is 42.0. The Bertz CT molecular complexity index is 697. The summed E-state index contributed by atoms with van der Waals surface area (Å²) in [6.45, 7) is 8.06. The molecule has 0 aromatic rings. The summed E-state index contributed by atoms with van der Waals surface area (Å²) in [6, 6.07) is 0. The summed E-state index contributed by atoms with van der Waals surface area (Å²) >= 11 is 0. The largest absolute Gasteiger partial charge is 0.388 e. The van der Waals surface area contributed by atoms with Gasteiger partial charge in [0.2, 0.25) is 0 Å². The van der Waals surface area contributed by atoms with Crippen LogP contribution in [0.15, 0.2) is 11.1 Å². The third-order valence-electron chi connectivity index (χ3n) is 7.40. The lowest BCUT2D eigenvalue weighted by atomic mass is 9.71. The van der Waals surface area contributed by atoms with Gasteiger partial charge in [-0.1, -0.05) is 25.0 Å². The van der Waals surface area contributed by atoms with Crippen LogP contribution in [0.2, 0.25) is 0 Å². The average Bonchev–Trinajstić information content (AvgIpc) is 2.77. The molecule has 0 unspecified atom stereocenters. The summed E-state index contributed by atoms with van der Waals surface area (Å²) in [5.74, 6) is 0. The smallest absolute Gasteiger partial charge is 0.186 e. The molecule has 1 aliphatic carbocycles. The lowest BCUT2D eigenvalue weighted by Gasteiger charge is -2.42. The first-order valence-electron chi connectivity index (χ1n) is 12.2. The highest BCUT2D eigenvalue weighted by Crippen LogP contribution is 2.42. The number of rotatable bonds is 8. The molecule has 198 valence electrons. The van der Waals surface area contributed by atoms with Crippen LogP contribution in [0.25, 0.3) is 0 Å². The van der Waals surface area contributed by atoms with Crippen LogP contribution in [0.4, 0.5) is 0 Å². The Morgan fingerprint density at radius 1 is 0.971 bits per heavy atom. The highest BCUT2D eigenvalue weighted by atomic mass is 16.7. The fourth-order valence-corrected chi connectivity index (χ4v) is 5.15. The quantitative estimate of drug-likeness (QED) is 0.255. The summed E-state index contributed by atoms with van der Waals surface area (Å²) in [7, 11) is 0. The Morgan fingerprint density at radius 3 is 2.32 bits per heavy atom. The average molecular weight is 491 g/mol. The van der Waals surface area contributed by atoms with Crippen molar-refractivity contribution < 1.29 is 49.6 Å². The molecule has 34 heavy (non-hydrogen) atoms. The zero-order chi connectivity index (χ0) is 25.2. The van der Waals surface area contributed by atoms with Crippen molar-refractivity contribution in [3.05, 3.63) is 11.1 Å². The van der Waals surface area contributed by atoms with Crippen LogP contribution in [0.3, 0.4) is 0 Å². The maximum absolute atomic E-state index is 10.4. The van der Waals surface area contributed by atoms with Crippen molar-refractivity contribution in [2.45, 2.75) is 121 Å². The van der Waals surface area contributed by atoms with Crippen molar-refractivity contribution >= 4 is 0 Å². The van der Waals surface area contributed by atoms with Gasteiger partial charge in [0.1, 0.15) is 42.7 Å². The highest BCUT2D eigenvalue weighted by molar-refractivity contribution is 5.22. The molecule has 0 saturated carbocycles. The lowest BCUT2D eigenvalue weighted by Crippen LogP contribution is -2.60. The van der Waals surface area contributed by atoms with E-state index in [1.165, 1.54) is 17.6 Å². The van der Waals surface area contributed by atoms with Crippen molar-refractivity contribution in [2.24, 2.45) is 5.41 Å². The fraction of sp³-hybridized carbons (Fsp3) is 0.917. The van der Waals surface area contributed by atoms with Crippen LogP contribution >= 0.6 is 0 Å². The Labute approximate surface area is 201 Å². The summed E-state index contributed by atoms with van der Waals surface area (Å²) in [5.41, 5.74) is 3.03. The van der Waals surface area contributed by atoms with E-state index in [0.717, 1.165) is 19.3 Å². The number of aliphatic hydroxyl groups excluding tert-OH is 6. The molecule has 3 aliphatic rings. The molecule has 0 amide bonds. The molecule has 2 saturated heterocycles. The summed E-state index contributed by atoms with van der Waals surface area (Å²) in [6.07, 6.45) is -7.33. The second kappa shape index (κ2) is 11.6. The predicted molar refractivity (Wildman–Crippen MR) is 121 cm³/mol. The van der Waals surface area contributed by atoms with Gasteiger partial charge in [0.25, 0.3) is 0 Å². The molecule has 0 aromatic carbocycles. The van der Waals surface area contributed by atoms with E-state index in [1.807, 2.05) is 6.92 Å². The number of hydrogen-bond acceptors (Lipinski definition) is 10. The molecular formula is C24H42O10. The Morgan fingerprint density at radius 2 is 1.65 bits per heavy atom. The van der Waals surface area contributed by atoms with Crippen LogP contribution in [-0.2, 0) is 18.9 Å². The van der Waals surface area contributed by atoms with Crippen molar-refractivity contribution in [1.82, 2.24) is 0 Å². The molecule has 10 nitrogen and oxygen atoms in total. The van der Waals surface area contributed by atoms with E-state index in [4.69, 9.17) is 18.9 Å². The molecule has 0 spiro atoms. The topological polar surface area (TPSA) is 158 Å². The molecule has 0 bridgehead atoms. The first-order chi connectivity index (χ1) is 15.9. The standard InChI is InChI=1S/C24H42O10/c1-12-6-5-9-24(3,4)14(12)8-7-13(2)33-23-21(30)19(28)18(27)16(34-23)11-32-22-20(29)17(26)15(25)10-31-22/h13,15-23,25-30H,5-11H2,1-4H3/t13-,15+,16+,17-,18+,19-,20+,21+,22-,23+/m0/s1. The second-order valence-corrected chi connectivity index (χ2v) is 10.6. The summed E-state index contributed by atoms with van der Waals surface area (Å²) in [5, 5.41) is 60.4. The van der Waals surface area contributed by atoms with Crippen LogP contribution < -0.4 is 0 Å². The highest BCUT2D eigenvalue weighted by Gasteiger charge is 2.46. The van der Waals surface area contributed by atoms with E-state index in [1.54, 1.807) is 0 Å². The van der Waals surface area contributed by atoms with Gasteiger partial charge in [-0.15, -0.1) is 0 Å². The predicted octanol–water partition coefficient (Wildman–Crippen LogP) is -0.0385. The van der Waals surface area contributed by atoms with Gasteiger partial charge in [0.05, 0.1) is 19.3 Å². The Hall–Kier alpha value is -0.660. The van der Waals surface area contributed by atoms with Gasteiger partial charge in [-0.3, -0.25) is 0 Å². The van der Waals surface area contributed by atoms with Gasteiger partial charge in [-0.2, -0.15) is 0 Å². The molecule has 2 heterocycles. The molecule has 6 N–H and O–H groups in total. The molecule has 2 aliphatic heterocycles. The second-order valence-electron chi connectivity index (χ2n) is 10.6. The third kappa shape index (κ3) is 6.36. The zero-order valence-corrected chi connectivity index (χ0v) is 20.5. The number of hydrogen-bond donors (Lipinski definition) is 6. The van der Waals surface area contributed by atoms with Crippen LogP contribution in [0.5, 0.6) is 0 Å². The Balaban J connectivity index is 1.54. The summed E-state index contributed by atoms with van der Waals surface area (Å²) < 4.78 is 22.3. The molecule has 10 heteroatoms. The molecule has 3 rings (SSSR count). The van der Waals surface area contributed by atoms with Gasteiger partial charge in [0, 0.05) is 0 Å². The minimum Gasteiger partial charge on any atom is -0.388 e. The first-order valence-corrected chi connectivity index (χ1v) is 12.2. The number of allylic oxidation sites excluding steroid dienone is 2. The number of ether oxygens (including phenoxy) is 4. The van der Waals surface area contributed by atoms with Crippen LogP contribution in [0.1, 0.15) is 59.8 Å². The minimum absolute atomic E-state index is 0.154. The summed E-state index contributed by atoms with van der Waals surface area (Å²) in [4.78, 5) is 0. The maximum atomic E-state index is 10.4. The first kappa shape index (κ1) is 27.9. The van der Waals surface area contributed by atoms with E-state index < -0.39 is 55.3 Å². The van der Waals surface area contributed by atoms with E-state index in [-0.39, 0.29) is 24.7 Å². The lowest BCUT2D eigenvalue weighted by molar-refractivity contribution is -0.326. The van der Waals surface area contributed by atoms with Gasteiger partial charge < -0.3 is 49.6 Å². The maximum Gasteiger partial charge on any atom is 0.186 e. The fourth-order valence-electron chi connectivity index (χ4n) is 5.15. The van der Waals surface area contributed by atoms with E-state index in [0.29, 0.717) is 6.42 Å². The van der Waals surface area contributed by atoms with Gasteiger partial charge in [0.15, 0.2) is 12.6 Å². The molecule has 2 fully saturated rings. The van der Waals surface area contributed by atoms with Crippen LogP contribution in [-0.4, -0.2) is 105 Å². The van der Waals surface area contributed by atoms with Gasteiger partial charge in [-0.05, 0) is 51.4 Å². The Kier molecular flexibility index (Phi) is 9.52. The van der Waals surface area contributed by atoms with Crippen molar-refractivity contribution in [2.75, 3.05) is 13.2 Å². The zero-order valence-electron chi connectivity index (χ0n) is 20.5.